The fraction of sp³-hybridized carbons (Fsp3) is 0.111. The molecule has 24 heavy (non-hydrogen) atoms. The summed E-state index contributed by atoms with van der Waals surface area (Å²) in [6, 6.07) is 20.2. The molecule has 0 amide bonds. The van der Waals surface area contributed by atoms with Crippen molar-refractivity contribution in [3.63, 3.8) is 0 Å². The van der Waals surface area contributed by atoms with Gasteiger partial charge in [-0.15, -0.1) is 5.10 Å². The van der Waals surface area contributed by atoms with Crippen LogP contribution in [0.5, 0.6) is 0 Å². The number of fused-ring (bicyclic) bond motifs is 1. The molecule has 2 aromatic heterocycles. The van der Waals surface area contributed by atoms with Gasteiger partial charge < -0.3 is 5.32 Å². The number of hydrogen-bond acceptors (Lipinski definition) is 5. The molecule has 0 aliphatic heterocycles. The molecule has 4 rings (SSSR count). The Labute approximate surface area is 139 Å². The van der Waals surface area contributed by atoms with Gasteiger partial charge in [-0.05, 0) is 24.1 Å². The molecule has 4 aromatic rings. The molecule has 0 unspecified atom stereocenters. The van der Waals surface area contributed by atoms with Gasteiger partial charge in [0.1, 0.15) is 0 Å². The highest BCUT2D eigenvalue weighted by atomic mass is 15.4. The Bertz CT molecular complexity index is 934. The highest BCUT2D eigenvalue weighted by Crippen LogP contribution is 2.14. The zero-order valence-electron chi connectivity index (χ0n) is 13.0. The summed E-state index contributed by atoms with van der Waals surface area (Å²) >= 11 is 0. The second-order valence-electron chi connectivity index (χ2n) is 5.40. The summed E-state index contributed by atoms with van der Waals surface area (Å²) in [5.41, 5.74) is 3.57. The van der Waals surface area contributed by atoms with E-state index < -0.39 is 0 Å². The largest absolute Gasteiger partial charge is 0.354 e. The normalized spacial score (nSPS) is 10.8. The Morgan fingerprint density at radius 2 is 1.67 bits per heavy atom. The quantitative estimate of drug-likeness (QED) is 0.613. The molecule has 6 nitrogen and oxygen atoms in total. The van der Waals surface area contributed by atoms with Gasteiger partial charge in [0, 0.05) is 6.54 Å². The first-order valence-corrected chi connectivity index (χ1v) is 7.82. The van der Waals surface area contributed by atoms with Crippen LogP contribution in [-0.2, 0) is 6.42 Å². The third-order valence-corrected chi connectivity index (χ3v) is 3.73. The molecule has 6 heteroatoms. The van der Waals surface area contributed by atoms with Gasteiger partial charge in [-0.3, -0.25) is 0 Å². The van der Waals surface area contributed by atoms with E-state index in [-0.39, 0.29) is 0 Å². The van der Waals surface area contributed by atoms with E-state index in [1.165, 1.54) is 5.56 Å². The zero-order valence-corrected chi connectivity index (χ0v) is 13.0. The van der Waals surface area contributed by atoms with E-state index in [0.29, 0.717) is 17.1 Å². The Morgan fingerprint density at radius 3 is 2.46 bits per heavy atom. The molecule has 0 saturated heterocycles. The maximum absolute atomic E-state index is 4.56. The lowest BCUT2D eigenvalue weighted by Gasteiger charge is -2.05. The van der Waals surface area contributed by atoms with Gasteiger partial charge >= 0.3 is 0 Å². The summed E-state index contributed by atoms with van der Waals surface area (Å²) < 4.78 is 1.72. The van der Waals surface area contributed by atoms with Crippen LogP contribution in [0.3, 0.4) is 0 Å². The Balaban J connectivity index is 1.54. The molecule has 0 aliphatic carbocycles. The van der Waals surface area contributed by atoms with Gasteiger partial charge in [-0.2, -0.15) is 9.67 Å². The van der Waals surface area contributed by atoms with Crippen molar-refractivity contribution in [2.45, 2.75) is 6.42 Å². The molecular weight excluding hydrogens is 300 g/mol. The number of aromatic nitrogens is 5. The first-order chi connectivity index (χ1) is 11.9. The SMILES string of the molecule is c1ccc(CCNc2ncc3nnn(-c4ccccc4)c3n2)cc1. The molecule has 0 radical (unpaired) electrons. The van der Waals surface area contributed by atoms with Gasteiger partial charge in [0.25, 0.3) is 0 Å². The summed E-state index contributed by atoms with van der Waals surface area (Å²) in [4.78, 5) is 8.87. The van der Waals surface area contributed by atoms with E-state index in [2.05, 4.69) is 37.7 Å². The van der Waals surface area contributed by atoms with Crippen molar-refractivity contribution in [1.82, 2.24) is 25.0 Å². The maximum atomic E-state index is 4.56. The molecule has 1 N–H and O–H groups in total. The van der Waals surface area contributed by atoms with Crippen LogP contribution >= 0.6 is 0 Å². The Morgan fingerprint density at radius 1 is 0.917 bits per heavy atom. The average Bonchev–Trinajstić information content (AvgIpc) is 3.07. The molecule has 118 valence electrons. The standard InChI is InChI=1S/C18H16N6/c1-3-7-14(8-4-1)11-12-19-18-20-13-16-17(21-18)24(23-22-16)15-9-5-2-6-10-15/h1-10,13H,11-12H2,(H,19,20,21). The minimum Gasteiger partial charge on any atom is -0.354 e. The molecule has 0 saturated carbocycles. The first kappa shape index (κ1) is 14.3. The predicted molar refractivity (Wildman–Crippen MR) is 93.1 cm³/mol. The lowest BCUT2D eigenvalue weighted by atomic mass is 10.1. The van der Waals surface area contributed by atoms with Crippen LogP contribution in [0.2, 0.25) is 0 Å². The third-order valence-electron chi connectivity index (χ3n) is 3.73. The minimum absolute atomic E-state index is 0.581. The molecule has 0 bridgehead atoms. The van der Waals surface area contributed by atoms with Crippen LogP contribution in [0.25, 0.3) is 16.9 Å². The van der Waals surface area contributed by atoms with Crippen molar-refractivity contribution in [1.29, 1.82) is 0 Å². The summed E-state index contributed by atoms with van der Waals surface area (Å²) in [6.45, 7) is 0.766. The Kier molecular flexibility index (Phi) is 3.85. The van der Waals surface area contributed by atoms with Crippen LogP contribution in [-0.4, -0.2) is 31.5 Å². The van der Waals surface area contributed by atoms with Crippen LogP contribution in [0.15, 0.2) is 66.9 Å². The van der Waals surface area contributed by atoms with Crippen LogP contribution in [0, 0.1) is 0 Å². The number of benzene rings is 2. The average molecular weight is 316 g/mol. The number of hydrogen-bond donors (Lipinski definition) is 1. The van der Waals surface area contributed by atoms with Crippen molar-refractivity contribution < 1.29 is 0 Å². The molecular formula is C18H16N6. The van der Waals surface area contributed by atoms with E-state index >= 15 is 0 Å². The molecule has 0 aliphatic rings. The summed E-state index contributed by atoms with van der Waals surface area (Å²) in [6.07, 6.45) is 2.61. The molecule has 0 atom stereocenters. The second kappa shape index (κ2) is 6.45. The van der Waals surface area contributed by atoms with Crippen molar-refractivity contribution in [3.8, 4) is 5.69 Å². The first-order valence-electron chi connectivity index (χ1n) is 7.82. The fourth-order valence-corrected chi connectivity index (χ4v) is 2.52. The van der Waals surface area contributed by atoms with Gasteiger partial charge in [0.15, 0.2) is 11.2 Å². The monoisotopic (exact) mass is 316 g/mol. The van der Waals surface area contributed by atoms with Crippen molar-refractivity contribution in [3.05, 3.63) is 72.4 Å². The fourth-order valence-electron chi connectivity index (χ4n) is 2.52. The topological polar surface area (TPSA) is 68.5 Å². The number of nitrogens with zero attached hydrogens (tertiary/aromatic N) is 5. The number of nitrogens with one attached hydrogen (secondary N) is 1. The maximum Gasteiger partial charge on any atom is 0.224 e. The van der Waals surface area contributed by atoms with Crippen molar-refractivity contribution in [2.75, 3.05) is 11.9 Å². The number of rotatable bonds is 5. The third kappa shape index (κ3) is 2.94. The van der Waals surface area contributed by atoms with Gasteiger partial charge in [0.05, 0.1) is 11.9 Å². The highest BCUT2D eigenvalue weighted by Gasteiger charge is 2.09. The summed E-state index contributed by atoms with van der Waals surface area (Å²) in [5.74, 6) is 0.581. The van der Waals surface area contributed by atoms with Crippen LogP contribution in [0.4, 0.5) is 5.95 Å². The number of para-hydroxylation sites is 1. The van der Waals surface area contributed by atoms with E-state index in [4.69, 9.17) is 0 Å². The van der Waals surface area contributed by atoms with E-state index in [1.807, 2.05) is 48.5 Å². The second-order valence-corrected chi connectivity index (χ2v) is 5.40. The lowest BCUT2D eigenvalue weighted by Crippen LogP contribution is -2.08. The lowest BCUT2D eigenvalue weighted by molar-refractivity contribution is 0.817. The Hall–Kier alpha value is -3.28. The van der Waals surface area contributed by atoms with Gasteiger partial charge in [-0.25, -0.2) is 4.98 Å². The van der Waals surface area contributed by atoms with E-state index in [9.17, 15) is 0 Å². The summed E-state index contributed by atoms with van der Waals surface area (Å²) in [7, 11) is 0. The molecule has 0 spiro atoms. The van der Waals surface area contributed by atoms with Gasteiger partial charge in [-0.1, -0.05) is 53.7 Å². The van der Waals surface area contributed by atoms with E-state index in [1.54, 1.807) is 10.9 Å². The molecule has 2 aromatic carbocycles. The smallest absolute Gasteiger partial charge is 0.224 e. The minimum atomic E-state index is 0.581. The van der Waals surface area contributed by atoms with E-state index in [0.717, 1.165) is 18.7 Å². The molecule has 2 heterocycles. The predicted octanol–water partition coefficient (Wildman–Crippen LogP) is 2.87. The molecule has 0 fully saturated rings. The van der Waals surface area contributed by atoms with Crippen molar-refractivity contribution >= 4 is 17.1 Å². The number of anilines is 1. The van der Waals surface area contributed by atoms with Gasteiger partial charge in [0.2, 0.25) is 5.95 Å². The van der Waals surface area contributed by atoms with Crippen LogP contribution < -0.4 is 5.32 Å². The van der Waals surface area contributed by atoms with Crippen molar-refractivity contribution in [2.24, 2.45) is 0 Å². The summed E-state index contributed by atoms with van der Waals surface area (Å²) in [5, 5.41) is 11.6. The highest BCUT2D eigenvalue weighted by molar-refractivity contribution is 5.71. The van der Waals surface area contributed by atoms with Crippen LogP contribution in [0.1, 0.15) is 5.56 Å². The zero-order chi connectivity index (χ0) is 16.2.